The molecule has 1 saturated heterocycles. The van der Waals surface area contributed by atoms with Crippen LogP contribution in [-0.4, -0.2) is 38.6 Å². The lowest BCUT2D eigenvalue weighted by Crippen LogP contribution is -2.31. The van der Waals surface area contributed by atoms with Crippen LogP contribution in [-0.2, 0) is 16.0 Å². The van der Waals surface area contributed by atoms with Crippen LogP contribution in [0.1, 0.15) is 5.56 Å². The Balaban J connectivity index is 1.62. The molecule has 3 aromatic rings. The highest BCUT2D eigenvalue weighted by molar-refractivity contribution is 8.18. The maximum Gasteiger partial charge on any atom is 0.329 e. The molecule has 4 rings (SSSR count). The van der Waals surface area contributed by atoms with Crippen molar-refractivity contribution in [2.24, 2.45) is 4.99 Å². The van der Waals surface area contributed by atoms with E-state index in [1.807, 2.05) is 60.8 Å². The zero-order chi connectivity index (χ0) is 19.5. The van der Waals surface area contributed by atoms with Crippen molar-refractivity contribution < 1.29 is 14.7 Å². The molecule has 1 fully saturated rings. The number of benzene rings is 2. The Morgan fingerprint density at radius 3 is 2.68 bits per heavy atom. The van der Waals surface area contributed by atoms with Crippen molar-refractivity contribution in [3.63, 3.8) is 0 Å². The number of rotatable bonds is 5. The Morgan fingerprint density at radius 2 is 1.89 bits per heavy atom. The van der Waals surface area contributed by atoms with Gasteiger partial charge in [0.15, 0.2) is 5.17 Å². The molecule has 0 radical (unpaired) electrons. The summed E-state index contributed by atoms with van der Waals surface area (Å²) in [4.78, 5) is 33.3. The summed E-state index contributed by atoms with van der Waals surface area (Å²) in [6.45, 7) is 0.413. The lowest BCUT2D eigenvalue weighted by atomic mass is 10.1. The number of carbonyl (C=O) groups excluding carboxylic acids is 1. The molecule has 1 amide bonds. The lowest BCUT2D eigenvalue weighted by molar-refractivity contribution is -0.132. The number of hydrogen-bond acceptors (Lipinski definition) is 4. The van der Waals surface area contributed by atoms with Crippen LogP contribution in [0.4, 0.5) is 5.69 Å². The van der Waals surface area contributed by atoms with Crippen LogP contribution >= 0.6 is 11.8 Å². The van der Waals surface area contributed by atoms with Gasteiger partial charge in [-0.3, -0.25) is 9.69 Å². The van der Waals surface area contributed by atoms with Crippen molar-refractivity contribution in [2.75, 3.05) is 6.54 Å². The molecule has 1 aromatic heterocycles. The number of amides is 1. The average Bonchev–Trinajstić information content (AvgIpc) is 3.22. The molecule has 2 aromatic carbocycles. The number of amidine groups is 1. The third-order valence-corrected chi connectivity index (χ3v) is 5.41. The first-order valence-corrected chi connectivity index (χ1v) is 9.56. The van der Waals surface area contributed by atoms with Crippen LogP contribution in [0.25, 0.3) is 10.9 Å². The Labute approximate surface area is 165 Å². The second kappa shape index (κ2) is 7.74. The third-order valence-electron chi connectivity index (χ3n) is 4.40. The van der Waals surface area contributed by atoms with Crippen molar-refractivity contribution in [1.29, 1.82) is 0 Å². The number of nitrogens with zero attached hydrogens (tertiary/aromatic N) is 2. The Kier molecular flexibility index (Phi) is 4.99. The van der Waals surface area contributed by atoms with Gasteiger partial charge in [0.25, 0.3) is 5.91 Å². The summed E-state index contributed by atoms with van der Waals surface area (Å²) >= 11 is 1.09. The second-order valence-corrected chi connectivity index (χ2v) is 7.25. The SMILES string of the molecule is O=C(O)/C=C1\SC(=Nc2ccccc2)N(CCc2c[nH]c3ccccc23)C1=O. The zero-order valence-corrected chi connectivity index (χ0v) is 15.6. The fraction of sp³-hybridized carbons (Fsp3) is 0.0952. The monoisotopic (exact) mass is 391 g/mol. The molecule has 1 aliphatic rings. The quantitative estimate of drug-likeness (QED) is 0.645. The number of nitrogens with one attached hydrogen (secondary N) is 1. The number of H-pyrrole nitrogens is 1. The van der Waals surface area contributed by atoms with E-state index >= 15 is 0 Å². The summed E-state index contributed by atoms with van der Waals surface area (Å²) in [5.41, 5.74) is 2.86. The van der Waals surface area contributed by atoms with E-state index in [0.29, 0.717) is 23.8 Å². The van der Waals surface area contributed by atoms with Crippen molar-refractivity contribution in [3.8, 4) is 0 Å². The summed E-state index contributed by atoms with van der Waals surface area (Å²) < 4.78 is 0. The number of aliphatic imine (C=N–C) groups is 1. The van der Waals surface area contributed by atoms with E-state index in [1.165, 1.54) is 0 Å². The number of fused-ring (bicyclic) bond motifs is 1. The third kappa shape index (κ3) is 3.70. The van der Waals surface area contributed by atoms with Crippen molar-refractivity contribution in [1.82, 2.24) is 9.88 Å². The van der Waals surface area contributed by atoms with Gasteiger partial charge in [-0.25, -0.2) is 9.79 Å². The smallest absolute Gasteiger partial charge is 0.329 e. The highest BCUT2D eigenvalue weighted by Gasteiger charge is 2.33. The number of aromatic nitrogens is 1. The normalized spacial score (nSPS) is 17.1. The molecule has 140 valence electrons. The predicted molar refractivity (Wildman–Crippen MR) is 111 cm³/mol. The van der Waals surface area contributed by atoms with Crippen LogP contribution in [0.2, 0.25) is 0 Å². The Morgan fingerprint density at radius 1 is 1.14 bits per heavy atom. The van der Waals surface area contributed by atoms with Gasteiger partial charge < -0.3 is 10.1 Å². The molecule has 0 unspecified atom stereocenters. The number of aliphatic carboxylic acids is 1. The predicted octanol–water partition coefficient (Wildman–Crippen LogP) is 3.94. The second-order valence-electron chi connectivity index (χ2n) is 6.25. The standard InChI is InChI=1S/C21H17N3O3S/c25-19(26)12-18-20(27)24(21(28-18)23-15-6-2-1-3-7-15)11-10-14-13-22-17-9-5-4-8-16(14)17/h1-9,12-13,22H,10-11H2,(H,25,26)/b18-12-,23-21?. The number of carbonyl (C=O) groups is 2. The van der Waals surface area contributed by atoms with Gasteiger partial charge in [0.05, 0.1) is 10.6 Å². The van der Waals surface area contributed by atoms with Gasteiger partial charge in [-0.05, 0) is 41.9 Å². The summed E-state index contributed by atoms with van der Waals surface area (Å²) in [7, 11) is 0. The first kappa shape index (κ1) is 18.1. The van der Waals surface area contributed by atoms with E-state index in [2.05, 4.69) is 9.98 Å². The molecule has 28 heavy (non-hydrogen) atoms. The van der Waals surface area contributed by atoms with Crippen LogP contribution in [0.15, 0.2) is 76.8 Å². The number of para-hydroxylation sites is 2. The molecule has 7 heteroatoms. The summed E-state index contributed by atoms with van der Waals surface area (Å²) in [5.74, 6) is -1.48. The number of thioether (sulfide) groups is 1. The van der Waals surface area contributed by atoms with E-state index < -0.39 is 5.97 Å². The van der Waals surface area contributed by atoms with Gasteiger partial charge in [0.1, 0.15) is 0 Å². The summed E-state index contributed by atoms with van der Waals surface area (Å²) in [6, 6.07) is 17.3. The highest BCUT2D eigenvalue weighted by Crippen LogP contribution is 2.33. The zero-order valence-electron chi connectivity index (χ0n) is 14.8. The van der Waals surface area contributed by atoms with Gasteiger partial charge in [0, 0.05) is 29.7 Å². The molecule has 0 spiro atoms. The van der Waals surface area contributed by atoms with Gasteiger partial charge >= 0.3 is 5.97 Å². The maximum absolute atomic E-state index is 12.7. The molecule has 1 aliphatic heterocycles. The van der Waals surface area contributed by atoms with E-state index in [-0.39, 0.29) is 10.8 Å². The van der Waals surface area contributed by atoms with Crippen molar-refractivity contribution >= 4 is 45.4 Å². The number of carboxylic acids is 1. The van der Waals surface area contributed by atoms with Gasteiger partial charge in [-0.15, -0.1) is 0 Å². The van der Waals surface area contributed by atoms with Crippen LogP contribution < -0.4 is 0 Å². The minimum absolute atomic E-state index is 0.168. The highest BCUT2D eigenvalue weighted by atomic mass is 32.2. The molecule has 0 bridgehead atoms. The van der Waals surface area contributed by atoms with Crippen LogP contribution in [0.3, 0.4) is 0 Å². The fourth-order valence-electron chi connectivity index (χ4n) is 3.08. The van der Waals surface area contributed by atoms with Gasteiger partial charge in [0.2, 0.25) is 0 Å². The van der Waals surface area contributed by atoms with Gasteiger partial charge in [-0.1, -0.05) is 36.4 Å². The topological polar surface area (TPSA) is 85.8 Å². The Bertz CT molecular complexity index is 1100. The van der Waals surface area contributed by atoms with E-state index in [0.717, 1.165) is 34.3 Å². The molecule has 6 nitrogen and oxygen atoms in total. The van der Waals surface area contributed by atoms with E-state index in [1.54, 1.807) is 4.90 Å². The number of hydrogen-bond donors (Lipinski definition) is 2. The maximum atomic E-state index is 12.7. The van der Waals surface area contributed by atoms with Gasteiger partial charge in [-0.2, -0.15) is 0 Å². The first-order valence-electron chi connectivity index (χ1n) is 8.75. The van der Waals surface area contributed by atoms with Crippen molar-refractivity contribution in [3.05, 3.63) is 77.3 Å². The minimum atomic E-state index is -1.15. The fourth-order valence-corrected chi connectivity index (χ4v) is 4.07. The number of aromatic amines is 1. The molecule has 2 heterocycles. The van der Waals surface area contributed by atoms with E-state index in [4.69, 9.17) is 5.11 Å². The summed E-state index contributed by atoms with van der Waals surface area (Å²) in [6.07, 6.45) is 3.52. The lowest BCUT2D eigenvalue weighted by Gasteiger charge is -2.15. The molecular formula is C21H17N3O3S. The number of carboxylic acid groups (broad SMARTS) is 1. The Hall–Kier alpha value is -3.32. The molecule has 0 saturated carbocycles. The van der Waals surface area contributed by atoms with Crippen LogP contribution in [0, 0.1) is 0 Å². The molecular weight excluding hydrogens is 374 g/mol. The molecule has 2 N–H and O–H groups in total. The molecule has 0 aliphatic carbocycles. The summed E-state index contributed by atoms with van der Waals surface area (Å²) in [5, 5.41) is 10.7. The minimum Gasteiger partial charge on any atom is -0.478 e. The van der Waals surface area contributed by atoms with Crippen molar-refractivity contribution in [2.45, 2.75) is 6.42 Å². The van der Waals surface area contributed by atoms with Crippen LogP contribution in [0.5, 0.6) is 0 Å². The first-order chi connectivity index (χ1) is 13.6. The average molecular weight is 391 g/mol. The van der Waals surface area contributed by atoms with E-state index in [9.17, 15) is 9.59 Å². The largest absolute Gasteiger partial charge is 0.478 e. The molecule has 0 atom stereocenters.